The van der Waals surface area contributed by atoms with E-state index in [-0.39, 0.29) is 11.5 Å². The van der Waals surface area contributed by atoms with Gasteiger partial charge in [-0.15, -0.1) is 0 Å². The van der Waals surface area contributed by atoms with Crippen LogP contribution in [0.1, 0.15) is 24.5 Å². The van der Waals surface area contributed by atoms with Crippen molar-refractivity contribution in [1.82, 2.24) is 10.2 Å². The predicted molar refractivity (Wildman–Crippen MR) is 120 cm³/mol. The minimum atomic E-state index is -3.24. The second kappa shape index (κ2) is 8.05. The van der Waals surface area contributed by atoms with E-state index in [0.717, 1.165) is 10.5 Å². The molecule has 0 aliphatic carbocycles. The van der Waals surface area contributed by atoms with Gasteiger partial charge in [0.25, 0.3) is 5.91 Å². The number of imide groups is 1. The third-order valence-electron chi connectivity index (χ3n) is 6.07. The third-order valence-corrected chi connectivity index (χ3v) is 7.82. The van der Waals surface area contributed by atoms with E-state index >= 15 is 0 Å². The summed E-state index contributed by atoms with van der Waals surface area (Å²) in [7, 11) is -3.24. The lowest BCUT2D eigenvalue weighted by molar-refractivity contribution is -0.134. The number of hydrogen-bond acceptors (Lipinski definition) is 5. The number of rotatable bonds is 5. The standard InChI is InChI=1S/C23H25N3O5S/c1-16-8-10-17(11-9-16)23(2)21(28)25(22(29)24-23)14-20(27)26(18-6-4-3-5-7-18)19-12-13-32(30,31)15-19/h3-11,19H,12-15H2,1-2H3,(H,24,29)/t19-,23+/m0/s1. The Hall–Kier alpha value is -3.20. The second-order valence-corrected chi connectivity index (χ2v) is 10.7. The Morgan fingerprint density at radius 1 is 1.12 bits per heavy atom. The van der Waals surface area contributed by atoms with E-state index < -0.39 is 45.8 Å². The number of nitrogens with one attached hydrogen (secondary N) is 1. The molecule has 2 saturated heterocycles. The summed E-state index contributed by atoms with van der Waals surface area (Å²) in [6.07, 6.45) is 0.310. The summed E-state index contributed by atoms with van der Waals surface area (Å²) in [6, 6.07) is 14.8. The van der Waals surface area contributed by atoms with Crippen molar-refractivity contribution in [3.8, 4) is 0 Å². The molecule has 2 fully saturated rings. The van der Waals surface area contributed by atoms with Crippen molar-refractivity contribution in [3.63, 3.8) is 0 Å². The van der Waals surface area contributed by atoms with Gasteiger partial charge in [-0.3, -0.25) is 14.5 Å². The molecule has 2 aliphatic heterocycles. The molecule has 9 heteroatoms. The minimum Gasteiger partial charge on any atom is -0.319 e. The topological polar surface area (TPSA) is 104 Å². The van der Waals surface area contributed by atoms with Crippen LogP contribution in [0.3, 0.4) is 0 Å². The number of carbonyl (C=O) groups is 3. The SMILES string of the molecule is Cc1ccc([C@@]2(C)NC(=O)N(CC(=O)N(c3ccccc3)[C@H]3CCS(=O)(=O)C3)C2=O)cc1. The van der Waals surface area contributed by atoms with Crippen LogP contribution >= 0.6 is 0 Å². The molecule has 0 bridgehead atoms. The van der Waals surface area contributed by atoms with Crippen LogP contribution in [0.5, 0.6) is 0 Å². The Labute approximate surface area is 187 Å². The fraction of sp³-hybridized carbons (Fsp3) is 0.348. The van der Waals surface area contributed by atoms with Crippen molar-refractivity contribution in [3.05, 3.63) is 65.7 Å². The van der Waals surface area contributed by atoms with Crippen LogP contribution in [-0.2, 0) is 25.0 Å². The molecule has 0 radical (unpaired) electrons. The van der Waals surface area contributed by atoms with Crippen molar-refractivity contribution in [2.24, 2.45) is 0 Å². The van der Waals surface area contributed by atoms with Gasteiger partial charge < -0.3 is 10.2 Å². The molecule has 0 unspecified atom stereocenters. The maximum Gasteiger partial charge on any atom is 0.325 e. The molecule has 4 rings (SSSR count). The van der Waals surface area contributed by atoms with E-state index in [1.807, 2.05) is 19.1 Å². The summed E-state index contributed by atoms with van der Waals surface area (Å²) in [4.78, 5) is 41.6. The summed E-state index contributed by atoms with van der Waals surface area (Å²) < 4.78 is 24.1. The maximum absolute atomic E-state index is 13.3. The molecule has 2 heterocycles. The fourth-order valence-electron chi connectivity index (χ4n) is 4.26. The number of benzene rings is 2. The molecule has 2 atom stereocenters. The van der Waals surface area contributed by atoms with Gasteiger partial charge in [0.05, 0.1) is 17.5 Å². The average Bonchev–Trinajstić information content (AvgIpc) is 3.21. The van der Waals surface area contributed by atoms with Crippen LogP contribution in [0.4, 0.5) is 10.5 Å². The van der Waals surface area contributed by atoms with Gasteiger partial charge in [-0.2, -0.15) is 0 Å². The number of nitrogens with zero attached hydrogens (tertiary/aromatic N) is 2. The zero-order valence-electron chi connectivity index (χ0n) is 17.9. The number of carbonyl (C=O) groups excluding carboxylic acids is 3. The number of amides is 4. The van der Waals surface area contributed by atoms with Gasteiger partial charge >= 0.3 is 6.03 Å². The monoisotopic (exact) mass is 455 g/mol. The summed E-state index contributed by atoms with van der Waals surface area (Å²) in [6.45, 7) is 3.06. The Bertz CT molecular complexity index is 1160. The smallest absolute Gasteiger partial charge is 0.319 e. The number of hydrogen-bond donors (Lipinski definition) is 1. The molecule has 4 amide bonds. The molecule has 0 spiro atoms. The van der Waals surface area contributed by atoms with Crippen LogP contribution in [0.15, 0.2) is 54.6 Å². The summed E-state index contributed by atoms with van der Waals surface area (Å²) in [5.74, 6) is -1.17. The molecule has 2 aliphatic rings. The summed E-state index contributed by atoms with van der Waals surface area (Å²) in [5.41, 5.74) is 0.900. The van der Waals surface area contributed by atoms with Crippen LogP contribution in [0.2, 0.25) is 0 Å². The number of aryl methyl sites for hydroxylation is 1. The van der Waals surface area contributed by atoms with Gasteiger partial charge in [-0.1, -0.05) is 48.0 Å². The summed E-state index contributed by atoms with van der Waals surface area (Å²) >= 11 is 0. The van der Waals surface area contributed by atoms with Gasteiger partial charge in [-0.05, 0) is 38.0 Å². The van der Waals surface area contributed by atoms with Gasteiger partial charge in [0.2, 0.25) is 5.91 Å². The van der Waals surface area contributed by atoms with Gasteiger partial charge in [0, 0.05) is 5.69 Å². The van der Waals surface area contributed by atoms with E-state index in [9.17, 15) is 22.8 Å². The predicted octanol–water partition coefficient (Wildman–Crippen LogP) is 1.98. The first-order chi connectivity index (χ1) is 15.1. The lowest BCUT2D eigenvalue weighted by Crippen LogP contribution is -2.48. The van der Waals surface area contributed by atoms with Crippen LogP contribution in [0.25, 0.3) is 0 Å². The molecular formula is C23H25N3O5S. The Kier molecular flexibility index (Phi) is 5.54. The molecule has 2 aromatic carbocycles. The average molecular weight is 456 g/mol. The van der Waals surface area contributed by atoms with E-state index in [0.29, 0.717) is 17.7 Å². The first kappa shape index (κ1) is 22.0. The molecule has 8 nitrogen and oxygen atoms in total. The first-order valence-electron chi connectivity index (χ1n) is 10.4. The zero-order valence-corrected chi connectivity index (χ0v) is 18.8. The van der Waals surface area contributed by atoms with Crippen molar-refractivity contribution in [1.29, 1.82) is 0 Å². The van der Waals surface area contributed by atoms with Crippen LogP contribution < -0.4 is 10.2 Å². The van der Waals surface area contributed by atoms with Gasteiger partial charge in [0.15, 0.2) is 9.84 Å². The van der Waals surface area contributed by atoms with Crippen LogP contribution in [0, 0.1) is 6.92 Å². The molecule has 1 N–H and O–H groups in total. The summed E-state index contributed by atoms with van der Waals surface area (Å²) in [5, 5.41) is 2.70. The van der Waals surface area contributed by atoms with Crippen molar-refractivity contribution < 1.29 is 22.8 Å². The molecule has 32 heavy (non-hydrogen) atoms. The number of para-hydroxylation sites is 1. The fourth-order valence-corrected chi connectivity index (χ4v) is 5.96. The van der Waals surface area contributed by atoms with E-state index in [4.69, 9.17) is 0 Å². The third kappa shape index (κ3) is 4.00. The van der Waals surface area contributed by atoms with Crippen molar-refractivity contribution in [2.75, 3.05) is 23.0 Å². The Morgan fingerprint density at radius 3 is 2.38 bits per heavy atom. The molecule has 0 saturated carbocycles. The number of anilines is 1. The van der Waals surface area contributed by atoms with Crippen molar-refractivity contribution in [2.45, 2.75) is 31.8 Å². The Balaban J connectivity index is 1.60. The molecule has 0 aromatic heterocycles. The highest BCUT2D eigenvalue weighted by molar-refractivity contribution is 7.91. The quantitative estimate of drug-likeness (QED) is 0.695. The zero-order chi connectivity index (χ0) is 23.1. The lowest BCUT2D eigenvalue weighted by atomic mass is 9.91. The van der Waals surface area contributed by atoms with Crippen LogP contribution in [-0.4, -0.2) is 55.3 Å². The van der Waals surface area contributed by atoms with Gasteiger partial charge in [0.1, 0.15) is 12.1 Å². The Morgan fingerprint density at radius 2 is 1.78 bits per heavy atom. The molecule has 2 aromatic rings. The van der Waals surface area contributed by atoms with E-state index in [1.165, 1.54) is 4.90 Å². The minimum absolute atomic E-state index is 0.00288. The number of sulfone groups is 1. The van der Waals surface area contributed by atoms with E-state index in [2.05, 4.69) is 5.32 Å². The van der Waals surface area contributed by atoms with Gasteiger partial charge in [-0.25, -0.2) is 13.2 Å². The molecule has 168 valence electrons. The normalized spacial score (nSPS) is 24.4. The highest BCUT2D eigenvalue weighted by Crippen LogP contribution is 2.30. The number of urea groups is 1. The highest BCUT2D eigenvalue weighted by atomic mass is 32.2. The highest BCUT2D eigenvalue weighted by Gasteiger charge is 2.50. The molecular weight excluding hydrogens is 430 g/mol. The maximum atomic E-state index is 13.3. The second-order valence-electron chi connectivity index (χ2n) is 8.47. The first-order valence-corrected chi connectivity index (χ1v) is 12.2. The largest absolute Gasteiger partial charge is 0.325 e. The van der Waals surface area contributed by atoms with E-state index in [1.54, 1.807) is 49.4 Å². The van der Waals surface area contributed by atoms with Crippen molar-refractivity contribution >= 4 is 33.4 Å². The lowest BCUT2D eigenvalue weighted by Gasteiger charge is -2.30.